The van der Waals surface area contributed by atoms with E-state index in [1.807, 2.05) is 36.4 Å². The minimum Gasteiger partial charge on any atom is -0.355 e. The van der Waals surface area contributed by atoms with Gasteiger partial charge in [-0.25, -0.2) is 8.78 Å². The van der Waals surface area contributed by atoms with Crippen molar-refractivity contribution in [2.45, 2.75) is 0 Å². The summed E-state index contributed by atoms with van der Waals surface area (Å²) in [6.07, 6.45) is 1.62. The number of aromatic amines is 1. The number of H-pyrrole nitrogens is 1. The Hall–Kier alpha value is -3.01. The number of aromatic nitrogens is 2. The Balaban J connectivity index is 1.82. The van der Waals surface area contributed by atoms with Gasteiger partial charge in [-0.1, -0.05) is 18.2 Å². The van der Waals surface area contributed by atoms with E-state index in [1.165, 1.54) is 12.1 Å². The molecular weight excluding hydrogens is 294 g/mol. The second-order valence-electron chi connectivity index (χ2n) is 5.32. The molecule has 4 aromatic rings. The van der Waals surface area contributed by atoms with E-state index < -0.39 is 11.6 Å². The predicted molar refractivity (Wildman–Crippen MR) is 86.9 cm³/mol. The number of pyridine rings is 1. The molecule has 0 unspecified atom stereocenters. The highest BCUT2D eigenvalue weighted by Crippen LogP contribution is 2.28. The van der Waals surface area contributed by atoms with Crippen LogP contribution in [0.4, 0.5) is 8.78 Å². The van der Waals surface area contributed by atoms with Gasteiger partial charge in [0.15, 0.2) is 0 Å². The summed E-state index contributed by atoms with van der Waals surface area (Å²) >= 11 is 0. The fourth-order valence-electron chi connectivity index (χ4n) is 2.67. The van der Waals surface area contributed by atoms with Crippen LogP contribution in [-0.4, -0.2) is 9.97 Å². The molecule has 2 aromatic heterocycles. The van der Waals surface area contributed by atoms with Gasteiger partial charge in [0.05, 0.1) is 5.69 Å². The van der Waals surface area contributed by atoms with Gasteiger partial charge in [0.1, 0.15) is 11.6 Å². The molecule has 0 aliphatic heterocycles. The fourth-order valence-corrected chi connectivity index (χ4v) is 2.67. The van der Waals surface area contributed by atoms with Crippen LogP contribution in [0.15, 0.2) is 66.9 Å². The summed E-state index contributed by atoms with van der Waals surface area (Å²) < 4.78 is 27.0. The standard InChI is InChI=1S/C19H12F2N2/c20-14-5-6-15(16(21)11-14)19-10-13(7-8-22-19)18-9-12-3-1-2-4-17(12)23-18/h1-11,23H. The van der Waals surface area contributed by atoms with Crippen molar-refractivity contribution in [3.63, 3.8) is 0 Å². The number of nitrogens with zero attached hydrogens (tertiary/aromatic N) is 1. The van der Waals surface area contributed by atoms with Gasteiger partial charge in [0.2, 0.25) is 0 Å². The number of fused-ring (bicyclic) bond motifs is 1. The first-order chi connectivity index (χ1) is 11.2. The zero-order valence-electron chi connectivity index (χ0n) is 12.1. The molecule has 0 spiro atoms. The Morgan fingerprint density at radius 2 is 1.74 bits per heavy atom. The van der Waals surface area contributed by atoms with Crippen LogP contribution in [0, 0.1) is 11.6 Å². The Morgan fingerprint density at radius 3 is 2.57 bits per heavy atom. The molecule has 0 saturated heterocycles. The lowest BCUT2D eigenvalue weighted by atomic mass is 10.1. The second-order valence-corrected chi connectivity index (χ2v) is 5.32. The van der Waals surface area contributed by atoms with Crippen molar-refractivity contribution in [1.82, 2.24) is 9.97 Å². The van der Waals surface area contributed by atoms with Gasteiger partial charge in [0.25, 0.3) is 0 Å². The highest BCUT2D eigenvalue weighted by Gasteiger charge is 2.10. The third-order valence-corrected chi connectivity index (χ3v) is 3.81. The van der Waals surface area contributed by atoms with E-state index in [4.69, 9.17) is 0 Å². The van der Waals surface area contributed by atoms with Crippen LogP contribution in [0.25, 0.3) is 33.4 Å². The van der Waals surface area contributed by atoms with Crippen LogP contribution in [-0.2, 0) is 0 Å². The van der Waals surface area contributed by atoms with E-state index in [9.17, 15) is 8.78 Å². The maximum atomic E-state index is 13.9. The Morgan fingerprint density at radius 1 is 0.870 bits per heavy atom. The number of benzene rings is 2. The van der Waals surface area contributed by atoms with Gasteiger partial charge in [-0.05, 0) is 36.4 Å². The summed E-state index contributed by atoms with van der Waals surface area (Å²) in [6, 6.07) is 17.2. The molecule has 0 amide bonds. The first-order valence-electron chi connectivity index (χ1n) is 7.20. The number of hydrogen-bond acceptors (Lipinski definition) is 1. The van der Waals surface area contributed by atoms with Crippen LogP contribution in [0.2, 0.25) is 0 Å². The van der Waals surface area contributed by atoms with Gasteiger partial charge in [-0.3, -0.25) is 4.98 Å². The average molecular weight is 306 g/mol. The van der Waals surface area contributed by atoms with E-state index in [0.29, 0.717) is 5.69 Å². The molecule has 23 heavy (non-hydrogen) atoms. The van der Waals surface area contributed by atoms with Crippen molar-refractivity contribution >= 4 is 10.9 Å². The molecular formula is C19H12F2N2. The molecule has 2 heterocycles. The van der Waals surface area contributed by atoms with Crippen molar-refractivity contribution in [3.05, 3.63) is 78.5 Å². The minimum absolute atomic E-state index is 0.282. The maximum absolute atomic E-state index is 13.9. The molecule has 0 aliphatic carbocycles. The lowest BCUT2D eigenvalue weighted by molar-refractivity contribution is 0.585. The largest absolute Gasteiger partial charge is 0.355 e. The first-order valence-corrected chi connectivity index (χ1v) is 7.20. The van der Waals surface area contributed by atoms with Crippen molar-refractivity contribution in [1.29, 1.82) is 0 Å². The van der Waals surface area contributed by atoms with Gasteiger partial charge < -0.3 is 4.98 Å². The van der Waals surface area contributed by atoms with Gasteiger partial charge in [0, 0.05) is 40.0 Å². The monoisotopic (exact) mass is 306 g/mol. The first kappa shape index (κ1) is 13.6. The average Bonchev–Trinajstić information content (AvgIpc) is 2.99. The number of rotatable bonds is 2. The quantitative estimate of drug-likeness (QED) is 0.543. The number of nitrogens with one attached hydrogen (secondary N) is 1. The highest BCUT2D eigenvalue weighted by molar-refractivity contribution is 5.86. The molecule has 4 rings (SSSR count). The summed E-state index contributed by atoms with van der Waals surface area (Å²) in [6.45, 7) is 0. The number of hydrogen-bond donors (Lipinski definition) is 1. The summed E-state index contributed by atoms with van der Waals surface area (Å²) in [5, 5.41) is 1.11. The Labute approximate surface area is 131 Å². The molecule has 0 radical (unpaired) electrons. The smallest absolute Gasteiger partial charge is 0.135 e. The summed E-state index contributed by atoms with van der Waals surface area (Å²) in [4.78, 5) is 7.54. The molecule has 0 fully saturated rings. The van der Waals surface area contributed by atoms with Gasteiger partial charge in [-0.2, -0.15) is 0 Å². The summed E-state index contributed by atoms with van der Waals surface area (Å²) in [7, 11) is 0. The molecule has 112 valence electrons. The SMILES string of the molecule is Fc1ccc(-c2cc(-c3cc4ccccc4[nH]3)ccn2)c(F)c1. The van der Waals surface area contributed by atoms with E-state index in [1.54, 1.807) is 12.3 Å². The maximum Gasteiger partial charge on any atom is 0.135 e. The van der Waals surface area contributed by atoms with Crippen molar-refractivity contribution in [3.8, 4) is 22.5 Å². The lowest BCUT2D eigenvalue weighted by Gasteiger charge is -2.05. The van der Waals surface area contributed by atoms with E-state index in [2.05, 4.69) is 9.97 Å². The normalized spacial score (nSPS) is 11.0. The van der Waals surface area contributed by atoms with Crippen LogP contribution in [0.1, 0.15) is 0 Å². The fraction of sp³-hybridized carbons (Fsp3) is 0. The molecule has 4 heteroatoms. The van der Waals surface area contributed by atoms with Crippen LogP contribution in [0.5, 0.6) is 0 Å². The molecule has 0 bridgehead atoms. The summed E-state index contributed by atoms with van der Waals surface area (Å²) in [5.74, 6) is -1.22. The zero-order chi connectivity index (χ0) is 15.8. The van der Waals surface area contributed by atoms with E-state index in [0.717, 1.165) is 28.2 Å². The van der Waals surface area contributed by atoms with Crippen molar-refractivity contribution < 1.29 is 8.78 Å². The lowest BCUT2D eigenvalue weighted by Crippen LogP contribution is -1.90. The molecule has 0 aliphatic rings. The molecule has 0 saturated carbocycles. The Bertz CT molecular complexity index is 972. The van der Waals surface area contributed by atoms with Crippen molar-refractivity contribution in [2.75, 3.05) is 0 Å². The molecule has 2 nitrogen and oxygen atoms in total. The second kappa shape index (κ2) is 5.32. The topological polar surface area (TPSA) is 28.7 Å². The minimum atomic E-state index is -0.619. The molecule has 1 N–H and O–H groups in total. The molecule has 2 aromatic carbocycles. The highest BCUT2D eigenvalue weighted by atomic mass is 19.1. The van der Waals surface area contributed by atoms with Crippen LogP contribution in [0.3, 0.4) is 0 Å². The number of para-hydroxylation sites is 1. The van der Waals surface area contributed by atoms with Gasteiger partial charge in [-0.15, -0.1) is 0 Å². The van der Waals surface area contributed by atoms with Crippen molar-refractivity contribution in [2.24, 2.45) is 0 Å². The van der Waals surface area contributed by atoms with Crippen LogP contribution >= 0.6 is 0 Å². The van der Waals surface area contributed by atoms with Crippen LogP contribution < -0.4 is 0 Å². The van der Waals surface area contributed by atoms with E-state index in [-0.39, 0.29) is 5.56 Å². The predicted octanol–water partition coefficient (Wildman–Crippen LogP) is 5.18. The van der Waals surface area contributed by atoms with Gasteiger partial charge >= 0.3 is 0 Å². The summed E-state index contributed by atoms with van der Waals surface area (Å²) in [5.41, 5.74) is 3.61. The third kappa shape index (κ3) is 2.48. The zero-order valence-corrected chi connectivity index (χ0v) is 12.1. The Kier molecular flexibility index (Phi) is 3.15. The molecule has 0 atom stereocenters. The third-order valence-electron chi connectivity index (χ3n) is 3.81. The number of halogens is 2. The van der Waals surface area contributed by atoms with E-state index >= 15 is 0 Å².